The molecule has 0 radical (unpaired) electrons. The summed E-state index contributed by atoms with van der Waals surface area (Å²) in [5.74, 6) is 0.773. The Bertz CT molecular complexity index is 431. The van der Waals surface area contributed by atoms with Crippen LogP contribution < -0.4 is 17.3 Å². The largest absolute Gasteiger partial charge is 1.00 e. The number of hydrogen-bond donors (Lipinski definition) is 1. The number of hydrogen-bond acceptors (Lipinski definition) is 0. The second-order valence-electron chi connectivity index (χ2n) is 9.21. The predicted octanol–water partition coefficient (Wildman–Crippen LogP) is 4.18. The van der Waals surface area contributed by atoms with Gasteiger partial charge in [-0.2, -0.15) is 0 Å². The summed E-state index contributed by atoms with van der Waals surface area (Å²) >= 11 is 0. The van der Waals surface area contributed by atoms with Crippen LogP contribution in [0.5, 0.6) is 0 Å². The normalized spacial score (nSPS) is 12.1. The van der Waals surface area contributed by atoms with Crippen LogP contribution >= 0.6 is 0 Å². The molecule has 1 aromatic rings. The summed E-state index contributed by atoms with van der Waals surface area (Å²) in [6.45, 7) is 3.68. The molecule has 0 spiro atoms. The minimum atomic E-state index is 0. The number of rotatable bonds is 19. The Morgan fingerprint density at radius 3 is 1.45 bits per heavy atom. The summed E-state index contributed by atoms with van der Waals surface area (Å²) in [6, 6.07) is 11.1. The molecule has 0 saturated heterocycles. The first-order chi connectivity index (χ1) is 13.7. The summed E-state index contributed by atoms with van der Waals surface area (Å²) in [5, 5.41) is 0. The lowest BCUT2D eigenvalue weighted by Crippen LogP contribution is -3.05. The Balaban J connectivity index is 0.00000784. The molecular weight excluding hydrogens is 374 g/mol. The van der Waals surface area contributed by atoms with Gasteiger partial charge < -0.3 is 17.3 Å². The van der Waals surface area contributed by atoms with Crippen LogP contribution in [0.2, 0.25) is 0 Å². The van der Waals surface area contributed by atoms with E-state index in [1.54, 1.807) is 10.5 Å². The van der Waals surface area contributed by atoms with E-state index in [9.17, 15) is 0 Å². The second-order valence-corrected chi connectivity index (χ2v) is 9.21. The van der Waals surface area contributed by atoms with E-state index >= 15 is 0 Å². The molecule has 0 aliphatic rings. The zero-order valence-corrected chi connectivity index (χ0v) is 20.6. The van der Waals surface area contributed by atoms with E-state index in [1.807, 2.05) is 0 Å². The monoisotopic (exact) mass is 423 g/mol. The zero-order valence-electron chi connectivity index (χ0n) is 19.9. The SMILES string of the molecule is CCC(CCCCCCCCCCCCCCCC[NH+](C)C)c1ccccc1.[Cl-]. The summed E-state index contributed by atoms with van der Waals surface area (Å²) < 4.78 is 0. The molecule has 1 nitrogen and oxygen atoms in total. The van der Waals surface area contributed by atoms with Gasteiger partial charge in [0.25, 0.3) is 0 Å². The van der Waals surface area contributed by atoms with Crippen molar-refractivity contribution in [2.45, 2.75) is 116 Å². The van der Waals surface area contributed by atoms with Crippen molar-refractivity contribution < 1.29 is 17.3 Å². The quantitative estimate of drug-likeness (QED) is 0.318. The van der Waals surface area contributed by atoms with Crippen molar-refractivity contribution in [1.29, 1.82) is 0 Å². The van der Waals surface area contributed by atoms with Crippen molar-refractivity contribution in [3.63, 3.8) is 0 Å². The molecule has 1 N–H and O–H groups in total. The molecule has 1 aromatic carbocycles. The maximum atomic E-state index is 2.34. The molecule has 0 amide bonds. The molecule has 0 aliphatic carbocycles. The summed E-state index contributed by atoms with van der Waals surface area (Å²) in [6.07, 6.45) is 23.0. The van der Waals surface area contributed by atoms with E-state index in [0.717, 1.165) is 5.92 Å². The van der Waals surface area contributed by atoms with E-state index < -0.39 is 0 Å². The molecule has 170 valence electrons. The molecule has 2 heteroatoms. The second kappa shape index (κ2) is 20.7. The first kappa shape index (κ1) is 28.5. The van der Waals surface area contributed by atoms with E-state index in [4.69, 9.17) is 0 Å². The summed E-state index contributed by atoms with van der Waals surface area (Å²) in [5.41, 5.74) is 1.54. The minimum absolute atomic E-state index is 0. The fourth-order valence-electron chi connectivity index (χ4n) is 4.32. The first-order valence-electron chi connectivity index (χ1n) is 12.6. The first-order valence-corrected chi connectivity index (χ1v) is 12.6. The van der Waals surface area contributed by atoms with Gasteiger partial charge in [-0.3, -0.25) is 0 Å². The van der Waals surface area contributed by atoms with Crippen molar-refractivity contribution in [3.05, 3.63) is 35.9 Å². The lowest BCUT2D eigenvalue weighted by molar-refractivity contribution is -0.858. The van der Waals surface area contributed by atoms with Crippen molar-refractivity contribution >= 4 is 0 Å². The lowest BCUT2D eigenvalue weighted by atomic mass is 9.91. The van der Waals surface area contributed by atoms with Crippen molar-refractivity contribution in [1.82, 2.24) is 0 Å². The van der Waals surface area contributed by atoms with Crippen molar-refractivity contribution in [2.24, 2.45) is 0 Å². The zero-order chi connectivity index (χ0) is 20.3. The molecule has 1 rings (SSSR count). The Hall–Kier alpha value is -0.530. The highest BCUT2D eigenvalue weighted by atomic mass is 35.5. The highest BCUT2D eigenvalue weighted by Crippen LogP contribution is 2.25. The predicted molar refractivity (Wildman–Crippen MR) is 126 cm³/mol. The van der Waals surface area contributed by atoms with Gasteiger partial charge in [0, 0.05) is 0 Å². The molecule has 1 unspecified atom stereocenters. The maximum Gasteiger partial charge on any atom is 0.0766 e. The van der Waals surface area contributed by atoms with Gasteiger partial charge in [0.2, 0.25) is 0 Å². The van der Waals surface area contributed by atoms with Gasteiger partial charge in [-0.05, 0) is 37.2 Å². The number of quaternary nitrogens is 1. The van der Waals surface area contributed by atoms with Gasteiger partial charge in [0.05, 0.1) is 20.6 Å². The standard InChI is InChI=1S/C27H49N.ClH/c1-4-26(27-23-19-17-20-24-27)22-18-15-13-11-9-7-5-6-8-10-12-14-16-21-25-28(2)3;/h17,19-20,23-24,26H,4-16,18,21-22,25H2,1-3H3;1H. The Kier molecular flexibility index (Phi) is 20.4. The van der Waals surface area contributed by atoms with Gasteiger partial charge in [0.1, 0.15) is 0 Å². The third kappa shape index (κ3) is 16.9. The van der Waals surface area contributed by atoms with Crippen LogP contribution in [-0.4, -0.2) is 20.6 Å². The molecule has 0 fully saturated rings. The van der Waals surface area contributed by atoms with Gasteiger partial charge in [-0.15, -0.1) is 0 Å². The van der Waals surface area contributed by atoms with Crippen LogP contribution in [0.15, 0.2) is 30.3 Å². The fraction of sp³-hybridized carbons (Fsp3) is 0.778. The molecule has 29 heavy (non-hydrogen) atoms. The minimum Gasteiger partial charge on any atom is -1.00 e. The van der Waals surface area contributed by atoms with Crippen LogP contribution in [0.25, 0.3) is 0 Å². The van der Waals surface area contributed by atoms with E-state index in [0.29, 0.717) is 0 Å². The molecule has 1 atom stereocenters. The lowest BCUT2D eigenvalue weighted by Gasteiger charge is -2.15. The van der Waals surface area contributed by atoms with Gasteiger partial charge in [0.15, 0.2) is 0 Å². The number of nitrogens with one attached hydrogen (secondary N) is 1. The highest BCUT2D eigenvalue weighted by molar-refractivity contribution is 5.19. The molecule has 0 heterocycles. The number of halogens is 1. The van der Waals surface area contributed by atoms with E-state index in [1.165, 1.54) is 109 Å². The summed E-state index contributed by atoms with van der Waals surface area (Å²) in [4.78, 5) is 1.59. The topological polar surface area (TPSA) is 4.44 Å². The molecule has 0 aromatic heterocycles. The third-order valence-electron chi connectivity index (χ3n) is 6.24. The van der Waals surface area contributed by atoms with Crippen molar-refractivity contribution in [2.75, 3.05) is 20.6 Å². The van der Waals surface area contributed by atoms with Crippen LogP contribution in [0, 0.1) is 0 Å². The molecule has 0 saturated carbocycles. The van der Waals surface area contributed by atoms with Gasteiger partial charge in [-0.1, -0.05) is 114 Å². The smallest absolute Gasteiger partial charge is 0.0766 e. The van der Waals surface area contributed by atoms with Crippen LogP contribution in [0.4, 0.5) is 0 Å². The molecule has 0 bridgehead atoms. The van der Waals surface area contributed by atoms with Gasteiger partial charge >= 0.3 is 0 Å². The van der Waals surface area contributed by atoms with Crippen molar-refractivity contribution in [3.8, 4) is 0 Å². The fourth-order valence-corrected chi connectivity index (χ4v) is 4.32. The van der Waals surface area contributed by atoms with Gasteiger partial charge in [-0.25, -0.2) is 0 Å². The van der Waals surface area contributed by atoms with Crippen LogP contribution in [0.1, 0.15) is 121 Å². The molecular formula is C27H50ClN. The molecule has 0 aliphatic heterocycles. The van der Waals surface area contributed by atoms with Crippen LogP contribution in [-0.2, 0) is 0 Å². The summed E-state index contributed by atoms with van der Waals surface area (Å²) in [7, 11) is 4.52. The Labute approximate surface area is 189 Å². The Morgan fingerprint density at radius 1 is 0.621 bits per heavy atom. The third-order valence-corrected chi connectivity index (χ3v) is 6.24. The average molecular weight is 424 g/mol. The number of unbranched alkanes of at least 4 members (excludes halogenated alkanes) is 13. The van der Waals surface area contributed by atoms with E-state index in [2.05, 4.69) is 51.4 Å². The maximum absolute atomic E-state index is 2.34. The van der Waals surface area contributed by atoms with E-state index in [-0.39, 0.29) is 12.4 Å². The number of benzene rings is 1. The average Bonchev–Trinajstić information content (AvgIpc) is 2.71. The Morgan fingerprint density at radius 2 is 1.03 bits per heavy atom. The highest BCUT2D eigenvalue weighted by Gasteiger charge is 2.08. The van der Waals surface area contributed by atoms with Crippen LogP contribution in [0.3, 0.4) is 0 Å².